The fourth-order valence-corrected chi connectivity index (χ4v) is 2.69. The average Bonchev–Trinajstić information content (AvgIpc) is 2.88. The lowest BCUT2D eigenvalue weighted by Gasteiger charge is -2.13. The topological polar surface area (TPSA) is 88.3 Å². The summed E-state index contributed by atoms with van der Waals surface area (Å²) in [6, 6.07) is 5.71. The molecule has 0 bridgehead atoms. The predicted octanol–water partition coefficient (Wildman–Crippen LogP) is 2.83. The molecule has 2 aromatic rings. The molecule has 7 heteroatoms. The van der Waals surface area contributed by atoms with Gasteiger partial charge in [-0.15, -0.1) is 0 Å². The van der Waals surface area contributed by atoms with Crippen molar-refractivity contribution in [1.29, 1.82) is 0 Å². The number of nitrogens with one attached hydrogen (secondary N) is 2. The molecule has 0 radical (unpaired) electrons. The summed E-state index contributed by atoms with van der Waals surface area (Å²) in [7, 11) is 0. The summed E-state index contributed by atoms with van der Waals surface area (Å²) < 4.78 is 18.0. The van der Waals surface area contributed by atoms with Crippen LogP contribution in [0.1, 0.15) is 51.5 Å². The Bertz CT molecular complexity index is 840. The number of aromatic nitrogens is 1. The Hall–Kier alpha value is -2.96. The molecule has 0 saturated carbocycles. The Morgan fingerprint density at radius 3 is 2.35 bits per heavy atom. The first kappa shape index (κ1) is 19.4. The van der Waals surface area contributed by atoms with Crippen molar-refractivity contribution in [2.75, 3.05) is 0 Å². The van der Waals surface area contributed by atoms with Crippen LogP contribution in [0.25, 0.3) is 0 Å². The Kier molecular flexibility index (Phi) is 5.92. The summed E-state index contributed by atoms with van der Waals surface area (Å²) >= 11 is 0. The van der Waals surface area contributed by atoms with E-state index in [4.69, 9.17) is 4.74 Å². The average molecular weight is 360 g/mol. The summed E-state index contributed by atoms with van der Waals surface area (Å²) in [5.41, 5.74) is 2.41. The predicted molar refractivity (Wildman–Crippen MR) is 93.4 cm³/mol. The number of ether oxygens (including phenoxy) is 1. The van der Waals surface area contributed by atoms with Gasteiger partial charge in [0.1, 0.15) is 11.5 Å². The van der Waals surface area contributed by atoms with E-state index in [0.29, 0.717) is 16.8 Å². The molecule has 1 aromatic heterocycles. The van der Waals surface area contributed by atoms with Gasteiger partial charge in [-0.05, 0) is 51.0 Å². The van der Waals surface area contributed by atoms with Crippen LogP contribution in [0.3, 0.4) is 0 Å². The molecule has 1 atom stereocenters. The minimum Gasteiger partial charge on any atom is -0.448 e. The molecule has 0 aliphatic rings. The third kappa shape index (κ3) is 4.36. The van der Waals surface area contributed by atoms with Gasteiger partial charge in [0.15, 0.2) is 11.9 Å². The number of ketones is 1. The molecule has 0 aliphatic carbocycles. The van der Waals surface area contributed by atoms with E-state index in [2.05, 4.69) is 10.3 Å². The summed E-state index contributed by atoms with van der Waals surface area (Å²) in [5.74, 6) is -1.69. The van der Waals surface area contributed by atoms with Gasteiger partial charge in [-0.1, -0.05) is 12.1 Å². The van der Waals surface area contributed by atoms with E-state index in [-0.39, 0.29) is 23.8 Å². The zero-order chi connectivity index (χ0) is 19.4. The lowest BCUT2D eigenvalue weighted by molar-refractivity contribution is -0.129. The van der Waals surface area contributed by atoms with Gasteiger partial charge < -0.3 is 15.0 Å². The largest absolute Gasteiger partial charge is 0.448 e. The maximum Gasteiger partial charge on any atom is 0.355 e. The van der Waals surface area contributed by atoms with E-state index in [1.165, 1.54) is 26.0 Å². The first-order valence-corrected chi connectivity index (χ1v) is 8.14. The number of aryl methyl sites for hydroxylation is 1. The van der Waals surface area contributed by atoms with Gasteiger partial charge in [-0.25, -0.2) is 9.18 Å². The van der Waals surface area contributed by atoms with Crippen molar-refractivity contribution < 1.29 is 23.5 Å². The maximum absolute atomic E-state index is 12.9. The number of aromatic amines is 1. The van der Waals surface area contributed by atoms with Crippen molar-refractivity contribution >= 4 is 17.7 Å². The number of hydrogen-bond donors (Lipinski definition) is 2. The fraction of sp³-hybridized carbons (Fsp3) is 0.316. The molecule has 0 fully saturated rings. The second-order valence-corrected chi connectivity index (χ2v) is 6.07. The standard InChI is InChI=1S/C19H21FN2O4/c1-10-16(12(3)23)11(2)22-17(10)19(25)26-13(4)18(24)21-9-14-5-7-15(20)8-6-14/h5-8,13,22H,9H2,1-4H3,(H,21,24)/t13-/m0/s1. The number of Topliss-reactive ketones (excluding diaryl/α,β-unsaturated/α-hetero) is 1. The van der Waals surface area contributed by atoms with Gasteiger partial charge in [-0.2, -0.15) is 0 Å². The molecule has 1 aromatic carbocycles. The molecule has 6 nitrogen and oxygen atoms in total. The lowest BCUT2D eigenvalue weighted by atomic mass is 10.1. The first-order chi connectivity index (χ1) is 12.2. The van der Waals surface area contributed by atoms with Crippen LogP contribution in [0, 0.1) is 19.7 Å². The normalized spacial score (nSPS) is 11.7. The molecule has 1 amide bonds. The quantitative estimate of drug-likeness (QED) is 0.612. The Balaban J connectivity index is 1.98. The molecular weight excluding hydrogens is 339 g/mol. The van der Waals surface area contributed by atoms with Crippen LogP contribution >= 0.6 is 0 Å². The summed E-state index contributed by atoms with van der Waals surface area (Å²) in [5, 5.41) is 2.62. The molecule has 0 saturated heterocycles. The van der Waals surface area contributed by atoms with Crippen LogP contribution in [0.15, 0.2) is 24.3 Å². The van der Waals surface area contributed by atoms with Gasteiger partial charge in [0, 0.05) is 17.8 Å². The number of esters is 1. The number of benzene rings is 1. The number of amides is 1. The van der Waals surface area contributed by atoms with Crippen molar-refractivity contribution in [3.8, 4) is 0 Å². The molecule has 2 N–H and O–H groups in total. The third-order valence-electron chi connectivity index (χ3n) is 4.03. The van der Waals surface area contributed by atoms with Crippen LogP contribution in [-0.2, 0) is 16.1 Å². The minimum absolute atomic E-state index is 0.152. The van der Waals surface area contributed by atoms with Crippen molar-refractivity contribution in [2.24, 2.45) is 0 Å². The molecule has 26 heavy (non-hydrogen) atoms. The Morgan fingerprint density at radius 2 is 1.81 bits per heavy atom. The van der Waals surface area contributed by atoms with E-state index in [1.807, 2.05) is 0 Å². The molecule has 0 spiro atoms. The van der Waals surface area contributed by atoms with Gasteiger partial charge in [0.05, 0.1) is 0 Å². The highest BCUT2D eigenvalue weighted by molar-refractivity contribution is 6.01. The molecular formula is C19H21FN2O4. The van der Waals surface area contributed by atoms with Crippen molar-refractivity contribution in [3.05, 3.63) is 58.2 Å². The zero-order valence-corrected chi connectivity index (χ0v) is 15.1. The van der Waals surface area contributed by atoms with E-state index in [9.17, 15) is 18.8 Å². The van der Waals surface area contributed by atoms with Crippen molar-refractivity contribution in [2.45, 2.75) is 40.3 Å². The summed E-state index contributed by atoms with van der Waals surface area (Å²) in [6.45, 7) is 6.41. The molecule has 2 rings (SSSR count). The number of halogens is 1. The van der Waals surface area contributed by atoms with Gasteiger partial charge in [0.2, 0.25) is 0 Å². The van der Waals surface area contributed by atoms with Gasteiger partial charge in [-0.3, -0.25) is 9.59 Å². The monoisotopic (exact) mass is 360 g/mol. The number of H-pyrrole nitrogens is 1. The second kappa shape index (κ2) is 7.95. The molecule has 138 valence electrons. The van der Waals surface area contributed by atoms with Crippen LogP contribution in [0.4, 0.5) is 4.39 Å². The van der Waals surface area contributed by atoms with Crippen LogP contribution in [0.2, 0.25) is 0 Å². The Morgan fingerprint density at radius 1 is 1.19 bits per heavy atom. The lowest BCUT2D eigenvalue weighted by Crippen LogP contribution is -2.35. The van der Waals surface area contributed by atoms with Gasteiger partial charge in [0.25, 0.3) is 5.91 Å². The van der Waals surface area contributed by atoms with Crippen molar-refractivity contribution in [1.82, 2.24) is 10.3 Å². The highest BCUT2D eigenvalue weighted by atomic mass is 19.1. The van der Waals surface area contributed by atoms with Crippen LogP contribution in [0.5, 0.6) is 0 Å². The fourth-order valence-electron chi connectivity index (χ4n) is 2.69. The van der Waals surface area contributed by atoms with E-state index < -0.39 is 18.0 Å². The molecule has 1 heterocycles. The van der Waals surface area contributed by atoms with E-state index >= 15 is 0 Å². The third-order valence-corrected chi connectivity index (χ3v) is 4.03. The van der Waals surface area contributed by atoms with Crippen molar-refractivity contribution in [3.63, 3.8) is 0 Å². The SMILES string of the molecule is CC(=O)c1c(C)[nH]c(C(=O)O[C@@H](C)C(=O)NCc2ccc(F)cc2)c1C. The smallest absolute Gasteiger partial charge is 0.355 e. The molecule has 0 aliphatic heterocycles. The minimum atomic E-state index is -1.02. The highest BCUT2D eigenvalue weighted by Gasteiger charge is 2.24. The number of rotatable bonds is 6. The summed E-state index contributed by atoms with van der Waals surface area (Å²) in [4.78, 5) is 38.9. The zero-order valence-electron chi connectivity index (χ0n) is 15.1. The van der Waals surface area contributed by atoms with E-state index in [0.717, 1.165) is 5.56 Å². The second-order valence-electron chi connectivity index (χ2n) is 6.07. The maximum atomic E-state index is 12.9. The van der Waals surface area contributed by atoms with Crippen LogP contribution < -0.4 is 5.32 Å². The number of carbonyl (C=O) groups excluding carboxylic acids is 3. The Labute approximate surface area is 150 Å². The number of hydrogen-bond acceptors (Lipinski definition) is 4. The van der Waals surface area contributed by atoms with Crippen LogP contribution in [-0.4, -0.2) is 28.7 Å². The van der Waals surface area contributed by atoms with E-state index in [1.54, 1.807) is 26.0 Å². The number of carbonyl (C=O) groups is 3. The van der Waals surface area contributed by atoms with Gasteiger partial charge >= 0.3 is 5.97 Å². The summed E-state index contributed by atoms with van der Waals surface area (Å²) in [6.07, 6.45) is -1.02. The molecule has 0 unspecified atom stereocenters. The highest BCUT2D eigenvalue weighted by Crippen LogP contribution is 2.19. The first-order valence-electron chi connectivity index (χ1n) is 8.14.